The van der Waals surface area contributed by atoms with Crippen molar-refractivity contribution in [2.45, 2.75) is 25.4 Å². The summed E-state index contributed by atoms with van der Waals surface area (Å²) < 4.78 is 0. The molecular formula is C20H22N2O. The Hall–Kier alpha value is -2.15. The lowest BCUT2D eigenvalue weighted by Gasteiger charge is -2.14. The molecule has 1 saturated heterocycles. The third-order valence-electron chi connectivity index (χ3n) is 4.49. The molecule has 2 aromatic carbocycles. The predicted molar refractivity (Wildman–Crippen MR) is 92.0 cm³/mol. The van der Waals surface area contributed by atoms with Gasteiger partial charge in [-0.25, -0.2) is 0 Å². The van der Waals surface area contributed by atoms with E-state index >= 15 is 0 Å². The number of hydrogen-bond donors (Lipinski definition) is 1. The quantitative estimate of drug-likeness (QED) is 0.922. The summed E-state index contributed by atoms with van der Waals surface area (Å²) in [6, 6.07) is 18.5. The molecule has 0 saturated carbocycles. The molecule has 1 fully saturated rings. The molecule has 1 heterocycles. The topological polar surface area (TPSA) is 47.3 Å². The van der Waals surface area contributed by atoms with Crippen LogP contribution in [0.15, 0.2) is 48.5 Å². The summed E-state index contributed by atoms with van der Waals surface area (Å²) in [7, 11) is 0. The van der Waals surface area contributed by atoms with Crippen LogP contribution >= 0.6 is 0 Å². The molecule has 0 bridgehead atoms. The zero-order valence-corrected chi connectivity index (χ0v) is 13.3. The predicted octanol–water partition coefficient (Wildman–Crippen LogP) is 3.22. The lowest BCUT2D eigenvalue weighted by atomic mass is 10.0. The molecule has 0 spiro atoms. The minimum absolute atomic E-state index is 0.123. The van der Waals surface area contributed by atoms with E-state index < -0.39 is 0 Å². The first kappa shape index (κ1) is 15.7. The maximum absolute atomic E-state index is 9.53. The zero-order chi connectivity index (χ0) is 16.1. The Balaban J connectivity index is 1.53. The summed E-state index contributed by atoms with van der Waals surface area (Å²) in [6.07, 6.45) is 2.99. The van der Waals surface area contributed by atoms with Gasteiger partial charge in [-0.1, -0.05) is 36.4 Å². The summed E-state index contributed by atoms with van der Waals surface area (Å²) >= 11 is 0. The smallest absolute Gasteiger partial charge is 0.0991 e. The van der Waals surface area contributed by atoms with Crippen molar-refractivity contribution in [1.82, 2.24) is 4.90 Å². The van der Waals surface area contributed by atoms with Crippen LogP contribution in [0, 0.1) is 11.3 Å². The average molecular weight is 306 g/mol. The van der Waals surface area contributed by atoms with Gasteiger partial charge in [0.15, 0.2) is 0 Å². The maximum Gasteiger partial charge on any atom is 0.0991 e. The van der Waals surface area contributed by atoms with Crippen molar-refractivity contribution in [3.8, 4) is 17.2 Å². The van der Waals surface area contributed by atoms with Gasteiger partial charge in [-0.2, -0.15) is 5.26 Å². The highest BCUT2D eigenvalue weighted by atomic mass is 16.3. The van der Waals surface area contributed by atoms with Crippen molar-refractivity contribution in [3.63, 3.8) is 0 Å². The lowest BCUT2D eigenvalue weighted by Crippen LogP contribution is -2.23. The lowest BCUT2D eigenvalue weighted by molar-refractivity contribution is 0.176. The number of likely N-dealkylation sites (tertiary alicyclic amines) is 1. The van der Waals surface area contributed by atoms with E-state index in [1.807, 2.05) is 24.3 Å². The van der Waals surface area contributed by atoms with Gasteiger partial charge in [-0.05, 0) is 54.6 Å². The minimum atomic E-state index is -0.123. The fourth-order valence-corrected chi connectivity index (χ4v) is 3.12. The highest BCUT2D eigenvalue weighted by molar-refractivity contribution is 5.64. The van der Waals surface area contributed by atoms with Crippen LogP contribution in [-0.4, -0.2) is 35.7 Å². The van der Waals surface area contributed by atoms with E-state index in [9.17, 15) is 5.11 Å². The van der Waals surface area contributed by atoms with Crippen LogP contribution in [0.4, 0.5) is 0 Å². The summed E-state index contributed by atoms with van der Waals surface area (Å²) in [6.45, 7) is 2.92. The van der Waals surface area contributed by atoms with E-state index in [0.717, 1.165) is 44.5 Å². The second-order valence-electron chi connectivity index (χ2n) is 6.23. The second kappa shape index (κ2) is 7.41. The Morgan fingerprint density at radius 2 is 1.70 bits per heavy atom. The van der Waals surface area contributed by atoms with Crippen molar-refractivity contribution in [2.24, 2.45) is 0 Å². The summed E-state index contributed by atoms with van der Waals surface area (Å²) in [5.41, 5.74) is 4.36. The minimum Gasteiger partial charge on any atom is -0.392 e. The van der Waals surface area contributed by atoms with Gasteiger partial charge in [0.05, 0.1) is 17.7 Å². The molecule has 23 heavy (non-hydrogen) atoms. The first-order valence-electron chi connectivity index (χ1n) is 8.24. The van der Waals surface area contributed by atoms with Crippen LogP contribution in [0.2, 0.25) is 0 Å². The Labute approximate surface area is 137 Å². The fourth-order valence-electron chi connectivity index (χ4n) is 3.12. The Kier molecular flexibility index (Phi) is 5.07. The van der Waals surface area contributed by atoms with Crippen LogP contribution in [0.1, 0.15) is 24.0 Å². The van der Waals surface area contributed by atoms with E-state index in [0.29, 0.717) is 5.56 Å². The monoisotopic (exact) mass is 306 g/mol. The van der Waals surface area contributed by atoms with Crippen molar-refractivity contribution in [1.29, 1.82) is 5.26 Å². The number of benzene rings is 2. The van der Waals surface area contributed by atoms with E-state index in [1.165, 1.54) is 11.1 Å². The normalized spacial score (nSPS) is 18.0. The highest BCUT2D eigenvalue weighted by Crippen LogP contribution is 2.21. The molecular weight excluding hydrogens is 284 g/mol. The van der Waals surface area contributed by atoms with E-state index in [2.05, 4.69) is 35.2 Å². The molecule has 0 amide bonds. The molecule has 1 aliphatic rings. The van der Waals surface area contributed by atoms with Gasteiger partial charge in [0.25, 0.3) is 0 Å². The summed E-state index contributed by atoms with van der Waals surface area (Å²) in [5.74, 6) is 0. The van der Waals surface area contributed by atoms with Gasteiger partial charge < -0.3 is 10.0 Å². The van der Waals surface area contributed by atoms with Gasteiger partial charge in [0.1, 0.15) is 0 Å². The Morgan fingerprint density at radius 1 is 1.04 bits per heavy atom. The zero-order valence-electron chi connectivity index (χ0n) is 13.3. The third-order valence-corrected chi connectivity index (χ3v) is 4.49. The molecule has 1 N–H and O–H groups in total. The molecule has 1 aliphatic heterocycles. The van der Waals surface area contributed by atoms with E-state index in [4.69, 9.17) is 5.26 Å². The Morgan fingerprint density at radius 3 is 2.26 bits per heavy atom. The Bertz CT molecular complexity index is 670. The molecule has 3 nitrogen and oxygen atoms in total. The average Bonchev–Trinajstić information content (AvgIpc) is 3.01. The van der Waals surface area contributed by atoms with Crippen LogP contribution in [0.25, 0.3) is 11.1 Å². The third kappa shape index (κ3) is 4.19. The van der Waals surface area contributed by atoms with E-state index in [-0.39, 0.29) is 6.10 Å². The standard InChI is InChI=1S/C20H22N2O/c21-14-17-5-9-19(10-6-17)18-7-3-16(4-8-18)2-1-12-22-13-11-20(23)15-22/h3-10,20,23H,1-2,11-13,15H2/t20-/m0/s1. The number of aryl methyl sites for hydroxylation is 1. The highest BCUT2D eigenvalue weighted by Gasteiger charge is 2.18. The largest absolute Gasteiger partial charge is 0.392 e. The van der Waals surface area contributed by atoms with Crippen LogP contribution in [0.3, 0.4) is 0 Å². The van der Waals surface area contributed by atoms with Crippen molar-refractivity contribution >= 4 is 0 Å². The van der Waals surface area contributed by atoms with Crippen molar-refractivity contribution < 1.29 is 5.11 Å². The van der Waals surface area contributed by atoms with Crippen LogP contribution in [0.5, 0.6) is 0 Å². The molecule has 3 rings (SSSR count). The molecule has 3 heteroatoms. The molecule has 0 aromatic heterocycles. The van der Waals surface area contributed by atoms with Gasteiger partial charge in [-0.15, -0.1) is 0 Å². The first-order valence-corrected chi connectivity index (χ1v) is 8.24. The maximum atomic E-state index is 9.53. The van der Waals surface area contributed by atoms with Gasteiger partial charge in [0.2, 0.25) is 0 Å². The van der Waals surface area contributed by atoms with E-state index in [1.54, 1.807) is 0 Å². The molecule has 0 aliphatic carbocycles. The first-order chi connectivity index (χ1) is 11.2. The molecule has 0 unspecified atom stereocenters. The van der Waals surface area contributed by atoms with Crippen molar-refractivity contribution in [3.05, 3.63) is 59.7 Å². The van der Waals surface area contributed by atoms with Crippen LogP contribution < -0.4 is 0 Å². The van der Waals surface area contributed by atoms with Gasteiger partial charge >= 0.3 is 0 Å². The van der Waals surface area contributed by atoms with Crippen LogP contribution in [-0.2, 0) is 6.42 Å². The number of β-amino-alcohol motifs (C(OH)–C–C–N with tert-alkyl or cyclic N) is 1. The number of nitrogens with zero attached hydrogens (tertiary/aromatic N) is 2. The van der Waals surface area contributed by atoms with Crippen molar-refractivity contribution in [2.75, 3.05) is 19.6 Å². The second-order valence-corrected chi connectivity index (χ2v) is 6.23. The SMILES string of the molecule is N#Cc1ccc(-c2ccc(CCCN3CC[C@H](O)C3)cc2)cc1. The molecule has 1 atom stereocenters. The summed E-state index contributed by atoms with van der Waals surface area (Å²) in [5, 5.41) is 18.4. The van der Waals surface area contributed by atoms with Gasteiger partial charge in [0, 0.05) is 13.1 Å². The van der Waals surface area contributed by atoms with Gasteiger partial charge in [-0.3, -0.25) is 0 Å². The fraction of sp³-hybridized carbons (Fsp3) is 0.350. The number of nitriles is 1. The molecule has 2 aromatic rings. The summed E-state index contributed by atoms with van der Waals surface area (Å²) in [4.78, 5) is 2.34. The molecule has 0 radical (unpaired) electrons. The molecule has 118 valence electrons. The number of hydrogen-bond acceptors (Lipinski definition) is 3. The number of aliphatic hydroxyl groups excluding tert-OH is 1. The number of rotatable bonds is 5. The number of aliphatic hydroxyl groups is 1.